The molecule has 0 radical (unpaired) electrons. The van der Waals surface area contributed by atoms with Crippen LogP contribution in [0.3, 0.4) is 0 Å². The van der Waals surface area contributed by atoms with Crippen LogP contribution >= 0.6 is 0 Å². The SMILES string of the molecule is CC1CN(C(=O)c2cncc(O)c2)CC1C. The van der Waals surface area contributed by atoms with E-state index in [2.05, 4.69) is 18.8 Å². The highest BCUT2D eigenvalue weighted by molar-refractivity contribution is 5.94. The molecule has 2 heterocycles. The Morgan fingerprint density at radius 3 is 2.56 bits per heavy atom. The molecule has 2 rings (SSSR count). The summed E-state index contributed by atoms with van der Waals surface area (Å²) in [5.41, 5.74) is 0.460. The number of hydrogen-bond donors (Lipinski definition) is 1. The van der Waals surface area contributed by atoms with E-state index in [-0.39, 0.29) is 11.7 Å². The average molecular weight is 220 g/mol. The molecule has 0 aromatic carbocycles. The van der Waals surface area contributed by atoms with Gasteiger partial charge in [0.05, 0.1) is 11.8 Å². The van der Waals surface area contributed by atoms with Crippen molar-refractivity contribution in [3.05, 3.63) is 24.0 Å². The molecule has 4 nitrogen and oxygen atoms in total. The number of hydrogen-bond acceptors (Lipinski definition) is 3. The summed E-state index contributed by atoms with van der Waals surface area (Å²) in [5.74, 6) is 1.06. The molecule has 1 N–H and O–H groups in total. The molecule has 1 saturated heterocycles. The normalized spacial score (nSPS) is 24.8. The largest absolute Gasteiger partial charge is 0.506 e. The Kier molecular flexibility index (Phi) is 2.81. The number of pyridine rings is 1. The van der Waals surface area contributed by atoms with Crippen molar-refractivity contribution in [2.45, 2.75) is 13.8 Å². The number of aromatic nitrogens is 1. The van der Waals surface area contributed by atoms with Gasteiger partial charge in [0, 0.05) is 19.3 Å². The Bertz CT molecular complexity index is 396. The van der Waals surface area contributed by atoms with Crippen LogP contribution in [0.25, 0.3) is 0 Å². The van der Waals surface area contributed by atoms with Crippen molar-refractivity contribution >= 4 is 5.91 Å². The van der Waals surface area contributed by atoms with E-state index >= 15 is 0 Å². The van der Waals surface area contributed by atoms with Crippen LogP contribution in [0.5, 0.6) is 5.75 Å². The van der Waals surface area contributed by atoms with E-state index in [9.17, 15) is 9.90 Å². The second kappa shape index (κ2) is 4.12. The Morgan fingerprint density at radius 2 is 2.00 bits per heavy atom. The molecular formula is C12H16N2O2. The van der Waals surface area contributed by atoms with Crippen molar-refractivity contribution in [2.75, 3.05) is 13.1 Å². The minimum Gasteiger partial charge on any atom is -0.506 e. The van der Waals surface area contributed by atoms with Gasteiger partial charge in [0.25, 0.3) is 5.91 Å². The minimum atomic E-state index is -0.0420. The second-order valence-electron chi connectivity index (χ2n) is 4.60. The smallest absolute Gasteiger partial charge is 0.255 e. The molecule has 2 atom stereocenters. The van der Waals surface area contributed by atoms with Gasteiger partial charge in [0.15, 0.2) is 0 Å². The van der Waals surface area contributed by atoms with Gasteiger partial charge < -0.3 is 10.0 Å². The van der Waals surface area contributed by atoms with Gasteiger partial charge >= 0.3 is 0 Å². The molecule has 1 fully saturated rings. The molecule has 1 amide bonds. The molecule has 0 bridgehead atoms. The number of nitrogens with zero attached hydrogens (tertiary/aromatic N) is 2. The van der Waals surface area contributed by atoms with Crippen molar-refractivity contribution in [2.24, 2.45) is 11.8 Å². The molecule has 2 unspecified atom stereocenters. The fourth-order valence-electron chi connectivity index (χ4n) is 2.02. The van der Waals surface area contributed by atoms with Crippen LogP contribution in [0, 0.1) is 11.8 Å². The van der Waals surface area contributed by atoms with Crippen LogP contribution in [0.15, 0.2) is 18.5 Å². The first-order valence-corrected chi connectivity index (χ1v) is 5.51. The maximum atomic E-state index is 12.1. The van der Waals surface area contributed by atoms with E-state index in [0.29, 0.717) is 17.4 Å². The standard InChI is InChI=1S/C12H16N2O2/c1-8-6-14(7-9(8)2)12(16)10-3-11(15)5-13-4-10/h3-5,8-9,15H,6-7H2,1-2H3. The molecule has 1 aliphatic heterocycles. The quantitative estimate of drug-likeness (QED) is 0.780. The summed E-state index contributed by atoms with van der Waals surface area (Å²) in [6.07, 6.45) is 2.82. The van der Waals surface area contributed by atoms with Gasteiger partial charge in [-0.05, 0) is 17.9 Å². The Hall–Kier alpha value is -1.58. The molecule has 16 heavy (non-hydrogen) atoms. The van der Waals surface area contributed by atoms with Gasteiger partial charge in [-0.1, -0.05) is 13.8 Å². The second-order valence-corrected chi connectivity index (χ2v) is 4.60. The molecule has 1 aromatic heterocycles. The van der Waals surface area contributed by atoms with Crippen LogP contribution in [0.1, 0.15) is 24.2 Å². The maximum absolute atomic E-state index is 12.1. The lowest BCUT2D eigenvalue weighted by molar-refractivity contribution is 0.0784. The van der Waals surface area contributed by atoms with Crippen molar-refractivity contribution in [1.82, 2.24) is 9.88 Å². The number of carbonyl (C=O) groups excluding carboxylic acids is 1. The first-order chi connectivity index (χ1) is 7.58. The summed E-state index contributed by atoms with van der Waals surface area (Å²) in [7, 11) is 0. The van der Waals surface area contributed by atoms with Gasteiger partial charge in [-0.2, -0.15) is 0 Å². The van der Waals surface area contributed by atoms with Crippen LogP contribution in [0.4, 0.5) is 0 Å². The highest BCUT2D eigenvalue weighted by Gasteiger charge is 2.29. The van der Waals surface area contributed by atoms with Crippen LogP contribution in [-0.2, 0) is 0 Å². The lowest BCUT2D eigenvalue weighted by Gasteiger charge is -2.15. The van der Waals surface area contributed by atoms with E-state index in [4.69, 9.17) is 0 Å². The van der Waals surface area contributed by atoms with E-state index < -0.39 is 0 Å². The summed E-state index contributed by atoms with van der Waals surface area (Å²) < 4.78 is 0. The first-order valence-electron chi connectivity index (χ1n) is 5.51. The molecular weight excluding hydrogens is 204 g/mol. The average Bonchev–Trinajstić information content (AvgIpc) is 2.58. The number of carbonyl (C=O) groups is 1. The predicted molar refractivity (Wildman–Crippen MR) is 60.1 cm³/mol. The first kappa shape index (κ1) is 10.9. The van der Waals surface area contributed by atoms with Crippen LogP contribution in [-0.4, -0.2) is 34.0 Å². The third-order valence-electron chi connectivity index (χ3n) is 3.25. The Morgan fingerprint density at radius 1 is 1.38 bits per heavy atom. The molecule has 4 heteroatoms. The highest BCUT2D eigenvalue weighted by atomic mass is 16.3. The van der Waals surface area contributed by atoms with E-state index in [1.807, 2.05) is 4.90 Å². The highest BCUT2D eigenvalue weighted by Crippen LogP contribution is 2.24. The van der Waals surface area contributed by atoms with Crippen LogP contribution < -0.4 is 0 Å². The lowest BCUT2D eigenvalue weighted by atomic mass is 10.0. The lowest BCUT2D eigenvalue weighted by Crippen LogP contribution is -2.28. The fourth-order valence-corrected chi connectivity index (χ4v) is 2.02. The number of likely N-dealkylation sites (tertiary alicyclic amines) is 1. The van der Waals surface area contributed by atoms with Gasteiger partial charge in [0.1, 0.15) is 5.75 Å². The topological polar surface area (TPSA) is 53.4 Å². The van der Waals surface area contributed by atoms with E-state index in [0.717, 1.165) is 13.1 Å². The predicted octanol–water partition coefficient (Wildman–Crippen LogP) is 1.52. The molecule has 86 valence electrons. The third-order valence-corrected chi connectivity index (χ3v) is 3.25. The Balaban J connectivity index is 2.14. The summed E-state index contributed by atoms with van der Waals surface area (Å²) in [6.45, 7) is 5.88. The fraction of sp³-hybridized carbons (Fsp3) is 0.500. The van der Waals surface area contributed by atoms with Gasteiger partial charge in [-0.15, -0.1) is 0 Å². The number of amides is 1. The maximum Gasteiger partial charge on any atom is 0.255 e. The van der Waals surface area contributed by atoms with Crippen molar-refractivity contribution < 1.29 is 9.90 Å². The molecule has 1 aliphatic rings. The summed E-state index contributed by atoms with van der Waals surface area (Å²) in [5, 5.41) is 9.28. The van der Waals surface area contributed by atoms with E-state index in [1.165, 1.54) is 18.5 Å². The minimum absolute atomic E-state index is 0.0335. The van der Waals surface area contributed by atoms with Gasteiger partial charge in [-0.25, -0.2) is 0 Å². The zero-order chi connectivity index (χ0) is 11.7. The number of aromatic hydroxyl groups is 1. The zero-order valence-corrected chi connectivity index (χ0v) is 9.55. The van der Waals surface area contributed by atoms with Crippen molar-refractivity contribution in [3.63, 3.8) is 0 Å². The van der Waals surface area contributed by atoms with Crippen molar-refractivity contribution in [1.29, 1.82) is 0 Å². The van der Waals surface area contributed by atoms with Gasteiger partial charge in [0.2, 0.25) is 0 Å². The molecule has 1 aromatic rings. The molecule has 0 saturated carbocycles. The monoisotopic (exact) mass is 220 g/mol. The van der Waals surface area contributed by atoms with Crippen molar-refractivity contribution in [3.8, 4) is 5.75 Å². The summed E-state index contributed by atoms with van der Waals surface area (Å²) in [4.78, 5) is 17.7. The van der Waals surface area contributed by atoms with Crippen LogP contribution in [0.2, 0.25) is 0 Å². The molecule has 0 aliphatic carbocycles. The van der Waals surface area contributed by atoms with E-state index in [1.54, 1.807) is 0 Å². The van der Waals surface area contributed by atoms with Gasteiger partial charge in [-0.3, -0.25) is 9.78 Å². The Labute approximate surface area is 94.9 Å². The molecule has 0 spiro atoms. The summed E-state index contributed by atoms with van der Waals surface area (Å²) in [6, 6.07) is 1.46. The number of rotatable bonds is 1. The zero-order valence-electron chi connectivity index (χ0n) is 9.55. The third kappa shape index (κ3) is 2.01. The summed E-state index contributed by atoms with van der Waals surface area (Å²) >= 11 is 0.